The predicted octanol–water partition coefficient (Wildman–Crippen LogP) is 3.47. The van der Waals surface area contributed by atoms with E-state index >= 15 is 0 Å². The minimum atomic E-state index is -4.33. The molecule has 1 N–H and O–H groups in total. The largest absolute Gasteiger partial charge is 0.416 e. The molecule has 1 aromatic carbocycles. The summed E-state index contributed by atoms with van der Waals surface area (Å²) in [7, 11) is 1.79. The quantitative estimate of drug-likeness (QED) is 0.852. The first-order valence-electron chi connectivity index (χ1n) is 7.44. The maximum absolute atomic E-state index is 12.6. The Bertz CT molecular complexity index is 515. The number of carbonyl (C=O) groups excluding carboxylic acids is 1. The third kappa shape index (κ3) is 5.39. The van der Waals surface area contributed by atoms with E-state index < -0.39 is 11.7 Å². The average Bonchev–Trinajstić information content (AvgIpc) is 3.28. The molecule has 1 aliphatic carbocycles. The Kier molecular flexibility index (Phi) is 6.89. The van der Waals surface area contributed by atoms with Gasteiger partial charge in [-0.05, 0) is 37.6 Å². The fraction of sp³-hybridized carbons (Fsp3) is 0.562. The third-order valence-electron chi connectivity index (χ3n) is 3.84. The highest BCUT2D eigenvalue weighted by Gasteiger charge is 2.34. The number of nitrogens with one attached hydrogen (secondary N) is 1. The monoisotopic (exact) mass is 350 g/mol. The smallest absolute Gasteiger partial charge is 0.335 e. The van der Waals surface area contributed by atoms with Crippen molar-refractivity contribution >= 4 is 18.3 Å². The van der Waals surface area contributed by atoms with Crippen molar-refractivity contribution in [1.29, 1.82) is 0 Å². The van der Waals surface area contributed by atoms with Crippen LogP contribution in [0.25, 0.3) is 0 Å². The highest BCUT2D eigenvalue weighted by molar-refractivity contribution is 5.85. The summed E-state index contributed by atoms with van der Waals surface area (Å²) in [6, 6.07) is 5.28. The molecule has 1 aromatic rings. The van der Waals surface area contributed by atoms with Gasteiger partial charge in [-0.2, -0.15) is 13.2 Å². The number of halogens is 4. The topological polar surface area (TPSA) is 32.3 Å². The van der Waals surface area contributed by atoms with Crippen molar-refractivity contribution in [1.82, 2.24) is 10.2 Å². The Morgan fingerprint density at radius 3 is 2.30 bits per heavy atom. The van der Waals surface area contributed by atoms with Crippen LogP contribution in [0.4, 0.5) is 13.2 Å². The molecule has 130 valence electrons. The number of hydrogen-bond acceptors (Lipinski definition) is 2. The zero-order valence-corrected chi connectivity index (χ0v) is 14.0. The number of hydrogen-bond donors (Lipinski definition) is 1. The lowest BCUT2D eigenvalue weighted by molar-refractivity contribution is -0.138. The molecule has 1 fully saturated rings. The summed E-state index contributed by atoms with van der Waals surface area (Å²) in [4.78, 5) is 14.2. The minimum Gasteiger partial charge on any atom is -0.335 e. The van der Waals surface area contributed by atoms with Gasteiger partial charge in [0.1, 0.15) is 0 Å². The molecule has 7 heteroatoms. The van der Waals surface area contributed by atoms with E-state index in [1.807, 2.05) is 6.92 Å². The van der Waals surface area contributed by atoms with Gasteiger partial charge in [0.25, 0.3) is 0 Å². The van der Waals surface area contributed by atoms with Crippen LogP contribution in [-0.4, -0.2) is 30.4 Å². The molecule has 0 aromatic heterocycles. The highest BCUT2D eigenvalue weighted by Crippen LogP contribution is 2.31. The van der Waals surface area contributed by atoms with Crippen LogP contribution in [0, 0.1) is 5.92 Å². The molecule has 0 heterocycles. The van der Waals surface area contributed by atoms with Crippen LogP contribution in [0.15, 0.2) is 24.3 Å². The van der Waals surface area contributed by atoms with Crippen LogP contribution in [0.2, 0.25) is 0 Å². The second-order valence-corrected chi connectivity index (χ2v) is 5.85. The van der Waals surface area contributed by atoms with Gasteiger partial charge in [0, 0.05) is 25.0 Å². The lowest BCUT2D eigenvalue weighted by Gasteiger charge is -2.26. The number of carbonyl (C=O) groups is 1. The van der Waals surface area contributed by atoms with Gasteiger partial charge < -0.3 is 10.2 Å². The molecular formula is C16H22ClF3N2O. The molecular weight excluding hydrogens is 329 g/mol. The number of rotatable bonds is 6. The van der Waals surface area contributed by atoms with Crippen molar-refractivity contribution in [2.24, 2.45) is 5.92 Å². The maximum Gasteiger partial charge on any atom is 0.416 e. The molecule has 1 saturated carbocycles. The van der Waals surface area contributed by atoms with Crippen molar-refractivity contribution in [2.75, 3.05) is 13.6 Å². The fourth-order valence-electron chi connectivity index (χ4n) is 2.45. The van der Waals surface area contributed by atoms with E-state index in [4.69, 9.17) is 0 Å². The maximum atomic E-state index is 12.6. The molecule has 1 amide bonds. The van der Waals surface area contributed by atoms with E-state index in [1.54, 1.807) is 11.9 Å². The fourth-order valence-corrected chi connectivity index (χ4v) is 2.45. The molecule has 0 saturated heterocycles. The van der Waals surface area contributed by atoms with Gasteiger partial charge >= 0.3 is 6.18 Å². The SMILES string of the molecule is CNCC(C)C(=O)N(Cc1ccc(C(F)(F)F)cc1)C1CC1.Cl. The van der Waals surface area contributed by atoms with Crippen LogP contribution < -0.4 is 5.32 Å². The Hall–Kier alpha value is -1.27. The van der Waals surface area contributed by atoms with Crippen LogP contribution in [0.1, 0.15) is 30.9 Å². The van der Waals surface area contributed by atoms with Crippen LogP contribution in [0.3, 0.4) is 0 Å². The van der Waals surface area contributed by atoms with E-state index in [9.17, 15) is 18.0 Å². The van der Waals surface area contributed by atoms with Crippen molar-refractivity contribution in [2.45, 2.75) is 38.5 Å². The minimum absolute atomic E-state index is 0. The highest BCUT2D eigenvalue weighted by atomic mass is 35.5. The number of nitrogens with zero attached hydrogens (tertiary/aromatic N) is 1. The van der Waals surface area contributed by atoms with E-state index in [-0.39, 0.29) is 30.3 Å². The Labute approximate surface area is 140 Å². The van der Waals surface area contributed by atoms with Crippen LogP contribution in [-0.2, 0) is 17.5 Å². The van der Waals surface area contributed by atoms with Crippen molar-refractivity contribution in [3.63, 3.8) is 0 Å². The number of benzene rings is 1. The van der Waals surface area contributed by atoms with Crippen molar-refractivity contribution in [3.05, 3.63) is 35.4 Å². The second-order valence-electron chi connectivity index (χ2n) is 5.85. The summed E-state index contributed by atoms with van der Waals surface area (Å²) in [6.45, 7) is 2.83. The van der Waals surface area contributed by atoms with Gasteiger partial charge in [0.05, 0.1) is 5.56 Å². The summed E-state index contributed by atoms with van der Waals surface area (Å²) in [5.41, 5.74) is 0.0639. The third-order valence-corrected chi connectivity index (χ3v) is 3.84. The zero-order chi connectivity index (χ0) is 16.3. The summed E-state index contributed by atoms with van der Waals surface area (Å²) >= 11 is 0. The normalized spacial score (nSPS) is 15.7. The molecule has 0 aliphatic heterocycles. The molecule has 0 bridgehead atoms. The molecule has 1 atom stereocenters. The zero-order valence-electron chi connectivity index (χ0n) is 13.2. The van der Waals surface area contributed by atoms with Gasteiger partial charge in [0.15, 0.2) is 0 Å². The molecule has 3 nitrogen and oxygen atoms in total. The molecule has 1 unspecified atom stereocenters. The Morgan fingerprint density at radius 2 is 1.87 bits per heavy atom. The Balaban J connectivity index is 0.00000264. The first kappa shape index (κ1) is 19.8. The van der Waals surface area contributed by atoms with E-state index in [0.29, 0.717) is 13.1 Å². The first-order valence-corrected chi connectivity index (χ1v) is 7.44. The number of alkyl halides is 3. The van der Waals surface area contributed by atoms with Gasteiger partial charge in [-0.3, -0.25) is 4.79 Å². The van der Waals surface area contributed by atoms with Gasteiger partial charge in [-0.15, -0.1) is 12.4 Å². The van der Waals surface area contributed by atoms with E-state index in [0.717, 1.165) is 30.5 Å². The summed E-state index contributed by atoms with van der Waals surface area (Å²) in [6.07, 6.45) is -2.39. The van der Waals surface area contributed by atoms with Crippen LogP contribution >= 0.6 is 12.4 Å². The van der Waals surface area contributed by atoms with E-state index in [2.05, 4.69) is 5.32 Å². The molecule has 0 spiro atoms. The first-order chi connectivity index (χ1) is 10.3. The number of amides is 1. The van der Waals surface area contributed by atoms with Gasteiger partial charge in [-0.1, -0.05) is 19.1 Å². The lowest BCUT2D eigenvalue weighted by Crippen LogP contribution is -2.39. The average molecular weight is 351 g/mol. The standard InChI is InChI=1S/C16H21F3N2O.ClH/c1-11(9-20-2)15(22)21(14-7-8-14)10-12-3-5-13(6-4-12)16(17,18)19;/h3-6,11,14,20H,7-10H2,1-2H3;1H. The lowest BCUT2D eigenvalue weighted by atomic mass is 10.1. The van der Waals surface area contributed by atoms with E-state index in [1.165, 1.54) is 12.1 Å². The molecule has 2 rings (SSSR count). The summed E-state index contributed by atoms with van der Waals surface area (Å²) in [5.74, 6) is -0.0863. The molecule has 0 radical (unpaired) electrons. The van der Waals surface area contributed by atoms with Crippen LogP contribution in [0.5, 0.6) is 0 Å². The van der Waals surface area contributed by atoms with Crippen molar-refractivity contribution < 1.29 is 18.0 Å². The molecule has 23 heavy (non-hydrogen) atoms. The summed E-state index contributed by atoms with van der Waals surface area (Å²) in [5, 5.41) is 2.98. The molecule has 1 aliphatic rings. The van der Waals surface area contributed by atoms with Gasteiger partial charge in [-0.25, -0.2) is 0 Å². The van der Waals surface area contributed by atoms with Gasteiger partial charge in [0.2, 0.25) is 5.91 Å². The second kappa shape index (κ2) is 8.02. The summed E-state index contributed by atoms with van der Waals surface area (Å²) < 4.78 is 37.7. The Morgan fingerprint density at radius 1 is 1.30 bits per heavy atom. The predicted molar refractivity (Wildman–Crippen MR) is 85.4 cm³/mol. The van der Waals surface area contributed by atoms with Crippen molar-refractivity contribution in [3.8, 4) is 0 Å².